The monoisotopic (exact) mass is 514 g/mol. The number of nitrogens with one attached hydrogen (secondary N) is 1. The number of carbonyl (C=O) groups is 1. The Bertz CT molecular complexity index is 1150. The van der Waals surface area contributed by atoms with Crippen molar-refractivity contribution in [2.75, 3.05) is 23.8 Å². The third kappa shape index (κ3) is 5.85. The molecule has 1 amide bonds. The van der Waals surface area contributed by atoms with E-state index < -0.39 is 35.5 Å². The molecule has 4 heterocycles. The molecule has 7 nitrogen and oxygen atoms in total. The minimum atomic E-state index is -4.66. The number of alkyl halides is 6. The molecule has 0 radical (unpaired) electrons. The summed E-state index contributed by atoms with van der Waals surface area (Å²) in [5.74, 6) is -2.59. The Hall–Kier alpha value is -3.16. The van der Waals surface area contributed by atoms with Crippen LogP contribution in [-0.2, 0) is 11.0 Å². The van der Waals surface area contributed by atoms with Gasteiger partial charge in [-0.1, -0.05) is 25.4 Å². The van der Waals surface area contributed by atoms with Crippen molar-refractivity contribution in [1.29, 1.82) is 0 Å². The molecule has 1 aliphatic rings. The Morgan fingerprint density at radius 2 is 1.76 bits per heavy atom. The molecule has 1 atom stereocenters. The molecular weight excluding hydrogens is 497 g/mol. The molecule has 1 aliphatic heterocycles. The van der Waals surface area contributed by atoms with E-state index in [4.69, 9.17) is 11.6 Å². The van der Waals surface area contributed by atoms with Crippen molar-refractivity contribution in [3.63, 3.8) is 0 Å². The summed E-state index contributed by atoms with van der Waals surface area (Å²) in [6.07, 6.45) is -7.07. The first-order chi connectivity index (χ1) is 15.8. The molecule has 0 saturated carbocycles. The summed E-state index contributed by atoms with van der Waals surface area (Å²) in [5, 5.41) is 5.80. The number of carbonyl (C=O) groups excluding carboxylic acids is 1. The van der Waals surface area contributed by atoms with Gasteiger partial charge in [0.25, 0.3) is 0 Å². The van der Waals surface area contributed by atoms with Gasteiger partial charge in [0.15, 0.2) is 16.6 Å². The van der Waals surface area contributed by atoms with Gasteiger partial charge in [0.2, 0.25) is 6.41 Å². The topological polar surface area (TPSA) is 75.4 Å². The molecule has 4 rings (SSSR count). The smallest absolute Gasteiger partial charge is 0.371 e. The zero-order valence-electron chi connectivity index (χ0n) is 17.8. The van der Waals surface area contributed by atoms with Gasteiger partial charge < -0.3 is 10.2 Å². The maximum Gasteiger partial charge on any atom is 0.433 e. The molecule has 3 aromatic rings. The molecule has 186 valence electrons. The van der Waals surface area contributed by atoms with Crippen LogP contribution in [0.2, 0.25) is 5.15 Å². The van der Waals surface area contributed by atoms with Crippen LogP contribution in [-0.4, -0.2) is 45.8 Å². The van der Waals surface area contributed by atoms with Crippen molar-refractivity contribution in [2.24, 2.45) is 0 Å². The average molecular weight is 515 g/mol. The quantitative estimate of drug-likeness (QED) is 0.370. The van der Waals surface area contributed by atoms with E-state index in [0.29, 0.717) is 23.6 Å². The summed E-state index contributed by atoms with van der Waals surface area (Å²) in [6, 6.07) is 1.86. The van der Waals surface area contributed by atoms with E-state index in [2.05, 4.69) is 15.1 Å². The van der Waals surface area contributed by atoms with Gasteiger partial charge >= 0.3 is 12.4 Å². The lowest BCUT2D eigenvalue weighted by atomic mass is 10.1. The van der Waals surface area contributed by atoms with Crippen LogP contribution in [0.25, 0.3) is 5.65 Å². The highest BCUT2D eigenvalue weighted by Gasteiger charge is 2.48. The summed E-state index contributed by atoms with van der Waals surface area (Å²) in [6.45, 7) is 3.87. The second kappa shape index (κ2) is 10.4. The summed E-state index contributed by atoms with van der Waals surface area (Å²) in [4.78, 5) is 18.3. The van der Waals surface area contributed by atoms with Crippen LogP contribution >= 0.6 is 11.6 Å². The van der Waals surface area contributed by atoms with Crippen LogP contribution in [0.5, 0.6) is 0 Å². The molecule has 0 bridgehead atoms. The molecule has 0 aliphatic carbocycles. The molecule has 0 spiro atoms. The fourth-order valence-electron chi connectivity index (χ4n) is 3.02. The normalized spacial score (nSPS) is 15.1. The first-order valence-electron chi connectivity index (χ1n) is 9.58. The minimum absolute atomic E-state index is 0.0819. The summed E-state index contributed by atoms with van der Waals surface area (Å²) in [5.41, 5.74) is -0.958. The Labute approximate surface area is 193 Å². The predicted octanol–water partition coefficient (Wildman–Crippen LogP) is 5.31. The van der Waals surface area contributed by atoms with Crippen molar-refractivity contribution >= 4 is 35.0 Å². The highest BCUT2D eigenvalue weighted by Crippen LogP contribution is 2.44. The van der Waals surface area contributed by atoms with Gasteiger partial charge in [-0.05, 0) is 6.07 Å². The fraction of sp³-hybridized carbons (Fsp3) is 0.368. The first-order valence-corrected chi connectivity index (χ1v) is 9.95. The molecule has 15 heteroatoms. The summed E-state index contributed by atoms with van der Waals surface area (Å²) in [7, 11) is 1.60. The standard InChI is InChI=1S/C10H8ClF3N4.C7H4F4N2O.C2H6/c1-17-4-5(10(12,13)14)9-6(17)3-15-8-2-7(11)16-18(8)9;8-4-2-12-6(7(9,10)11)1-5(4)13-3-14;1-2/h2-3,5H,4H2,1H3;1-3H,(H,12,13,14);1-2H3. The molecule has 0 fully saturated rings. The van der Waals surface area contributed by atoms with Crippen LogP contribution in [0.1, 0.15) is 31.2 Å². The van der Waals surface area contributed by atoms with Gasteiger partial charge in [0, 0.05) is 19.7 Å². The van der Waals surface area contributed by atoms with E-state index in [1.165, 1.54) is 21.7 Å². The van der Waals surface area contributed by atoms with E-state index in [0.717, 1.165) is 0 Å². The van der Waals surface area contributed by atoms with Crippen molar-refractivity contribution in [3.05, 3.63) is 46.9 Å². The van der Waals surface area contributed by atoms with E-state index in [1.807, 2.05) is 13.8 Å². The Morgan fingerprint density at radius 3 is 2.32 bits per heavy atom. The van der Waals surface area contributed by atoms with E-state index >= 15 is 0 Å². The lowest BCUT2D eigenvalue weighted by molar-refractivity contribution is -0.147. The SMILES string of the molecule is CC.CN1CC(C(F)(F)F)c2c1cnc1cc(Cl)nn21.O=CNc1cc(C(F)(F)F)ncc1F. The largest absolute Gasteiger partial charge is 0.433 e. The number of hydrogen-bond donors (Lipinski definition) is 1. The fourth-order valence-corrected chi connectivity index (χ4v) is 3.19. The van der Waals surface area contributed by atoms with Gasteiger partial charge in [0.1, 0.15) is 11.6 Å². The zero-order valence-corrected chi connectivity index (χ0v) is 18.6. The zero-order chi connectivity index (χ0) is 25.8. The van der Waals surface area contributed by atoms with E-state index in [9.17, 15) is 35.5 Å². The Morgan fingerprint density at radius 1 is 1.12 bits per heavy atom. The molecule has 0 saturated heterocycles. The van der Waals surface area contributed by atoms with Crippen LogP contribution in [0, 0.1) is 5.82 Å². The van der Waals surface area contributed by atoms with Gasteiger partial charge in [-0.25, -0.2) is 18.9 Å². The van der Waals surface area contributed by atoms with Crippen molar-refractivity contribution in [2.45, 2.75) is 32.1 Å². The van der Waals surface area contributed by atoms with Crippen molar-refractivity contribution < 1.29 is 35.5 Å². The number of rotatable bonds is 2. The van der Waals surface area contributed by atoms with Crippen LogP contribution in [0.3, 0.4) is 0 Å². The van der Waals surface area contributed by atoms with Crippen molar-refractivity contribution in [1.82, 2.24) is 19.6 Å². The maximum absolute atomic E-state index is 13.0. The highest BCUT2D eigenvalue weighted by atomic mass is 35.5. The number of nitrogens with zero attached hydrogens (tertiary/aromatic N) is 5. The number of anilines is 2. The van der Waals surface area contributed by atoms with Crippen LogP contribution < -0.4 is 10.2 Å². The molecule has 1 N–H and O–H groups in total. The van der Waals surface area contributed by atoms with Gasteiger partial charge in [0.05, 0.1) is 29.5 Å². The third-order valence-electron chi connectivity index (χ3n) is 4.42. The van der Waals surface area contributed by atoms with Crippen LogP contribution in [0.15, 0.2) is 24.5 Å². The lowest BCUT2D eigenvalue weighted by Crippen LogP contribution is -2.26. The molecule has 1 unspecified atom stereocenters. The second-order valence-corrected chi connectivity index (χ2v) is 6.94. The van der Waals surface area contributed by atoms with Gasteiger partial charge in [-0.3, -0.25) is 4.79 Å². The minimum Gasteiger partial charge on any atom is -0.371 e. The number of amides is 1. The lowest BCUT2D eigenvalue weighted by Gasteiger charge is -2.15. The molecule has 0 aromatic carbocycles. The summed E-state index contributed by atoms with van der Waals surface area (Å²) >= 11 is 5.72. The maximum atomic E-state index is 13.0. The van der Waals surface area contributed by atoms with Crippen molar-refractivity contribution in [3.8, 4) is 0 Å². The third-order valence-corrected chi connectivity index (χ3v) is 4.61. The molecule has 34 heavy (non-hydrogen) atoms. The number of halogens is 8. The summed E-state index contributed by atoms with van der Waals surface area (Å²) < 4.78 is 89.1. The second-order valence-electron chi connectivity index (χ2n) is 6.55. The Balaban J connectivity index is 0.000000231. The molecular formula is C19H18ClF7N6O. The van der Waals surface area contributed by atoms with Gasteiger partial charge in [-0.2, -0.15) is 31.4 Å². The van der Waals surface area contributed by atoms with Crippen LogP contribution in [0.4, 0.5) is 42.1 Å². The molecule has 3 aromatic heterocycles. The van der Waals surface area contributed by atoms with E-state index in [-0.39, 0.29) is 23.8 Å². The Kier molecular flexibility index (Phi) is 8.29. The van der Waals surface area contributed by atoms with Gasteiger partial charge in [-0.15, -0.1) is 0 Å². The number of likely N-dealkylation sites (N-methyl/N-ethyl adjacent to an activating group) is 1. The average Bonchev–Trinajstić information content (AvgIpc) is 3.30. The van der Waals surface area contributed by atoms with E-state index in [1.54, 1.807) is 12.4 Å². The predicted molar refractivity (Wildman–Crippen MR) is 110 cm³/mol. The highest BCUT2D eigenvalue weighted by molar-refractivity contribution is 6.29. The number of fused-ring (bicyclic) bond motifs is 3. The number of pyridine rings is 1. The number of aromatic nitrogens is 4. The number of hydrogen-bond acceptors (Lipinski definition) is 5. The first kappa shape index (κ1) is 27.1.